The average Bonchev–Trinajstić information content (AvgIpc) is 3.02. The molecule has 126 valence electrons. The van der Waals surface area contributed by atoms with Gasteiger partial charge in [0, 0.05) is 0 Å². The third-order valence-corrected chi connectivity index (χ3v) is 4.26. The molecule has 0 bridgehead atoms. The van der Waals surface area contributed by atoms with Crippen LogP contribution in [-0.2, 0) is 23.2 Å². The summed E-state index contributed by atoms with van der Waals surface area (Å²) in [5.74, 6) is -0.528. The fourth-order valence-electron chi connectivity index (χ4n) is 2.80. The molecule has 2 aromatic rings. The summed E-state index contributed by atoms with van der Waals surface area (Å²) >= 11 is 0. The van der Waals surface area contributed by atoms with Crippen molar-refractivity contribution in [2.75, 3.05) is 11.9 Å². The molecule has 0 aliphatic carbocycles. The summed E-state index contributed by atoms with van der Waals surface area (Å²) in [7, 11) is 3.36. The van der Waals surface area contributed by atoms with Gasteiger partial charge in [-0.25, -0.2) is 9.69 Å². The molecule has 2 amide bonds. The zero-order chi connectivity index (χ0) is 17.4. The fourth-order valence-corrected chi connectivity index (χ4v) is 2.80. The van der Waals surface area contributed by atoms with Crippen molar-refractivity contribution in [1.29, 1.82) is 0 Å². The summed E-state index contributed by atoms with van der Waals surface area (Å²) < 4.78 is 6.16. The molecule has 1 N–H and O–H groups in total. The van der Waals surface area contributed by atoms with Gasteiger partial charge in [-0.15, -0.1) is 0 Å². The van der Waals surface area contributed by atoms with Gasteiger partial charge in [0.05, 0.1) is 24.7 Å². The number of benzene rings is 1. The zero-order valence-electron chi connectivity index (χ0n) is 13.8. The number of nitrogens with one attached hydrogen (secondary N) is 1. The number of hydrogen-bond acceptors (Lipinski definition) is 5. The number of hydrogen-bond donors (Lipinski definition) is 1. The van der Waals surface area contributed by atoms with Gasteiger partial charge in [0.2, 0.25) is 5.91 Å². The molecule has 24 heavy (non-hydrogen) atoms. The molecule has 1 atom stereocenters. The number of likely N-dealkylation sites (N-methyl/N-ethyl adjacent to an activating group) is 1. The van der Waals surface area contributed by atoms with Crippen LogP contribution in [-0.4, -0.2) is 35.1 Å². The second-order valence-corrected chi connectivity index (χ2v) is 6.02. The molecule has 0 saturated carbocycles. The molecular weight excluding hydrogens is 312 g/mol. The molecule has 1 aliphatic rings. The van der Waals surface area contributed by atoms with E-state index in [9.17, 15) is 14.4 Å². The minimum absolute atomic E-state index is 0.0860. The van der Waals surface area contributed by atoms with E-state index in [0.717, 1.165) is 5.56 Å². The van der Waals surface area contributed by atoms with Crippen LogP contribution in [0.15, 0.2) is 33.6 Å². The van der Waals surface area contributed by atoms with E-state index >= 15 is 0 Å². The summed E-state index contributed by atoms with van der Waals surface area (Å²) in [5, 5.41) is 2.43. The van der Waals surface area contributed by atoms with Gasteiger partial charge in [-0.2, -0.15) is 0 Å². The number of aromatic amines is 1. The third kappa shape index (κ3) is 2.76. The number of imide groups is 1. The smallest absolute Gasteiger partial charge is 0.284 e. The number of rotatable bonds is 4. The zero-order valence-corrected chi connectivity index (χ0v) is 13.8. The van der Waals surface area contributed by atoms with Gasteiger partial charge >= 0.3 is 11.3 Å². The van der Waals surface area contributed by atoms with Gasteiger partial charge in [0.15, 0.2) is 7.05 Å². The second-order valence-electron chi connectivity index (χ2n) is 6.02. The van der Waals surface area contributed by atoms with E-state index in [-0.39, 0.29) is 24.8 Å². The fraction of sp³-hybridized carbons (Fsp3) is 0.375. The Morgan fingerprint density at radius 2 is 1.96 bits per heavy atom. The number of H-pyrrole nitrogens is 1. The van der Waals surface area contributed by atoms with E-state index in [2.05, 4.69) is 5.27 Å². The second kappa shape index (κ2) is 6.04. The number of carbonyl (C=O) groups is 2. The maximum atomic E-state index is 12.7. The van der Waals surface area contributed by atoms with Crippen molar-refractivity contribution in [3.05, 3.63) is 45.9 Å². The van der Waals surface area contributed by atoms with Crippen molar-refractivity contribution >= 4 is 17.5 Å². The Labute approximate surface area is 138 Å². The van der Waals surface area contributed by atoms with E-state index in [1.807, 2.05) is 19.1 Å². The highest BCUT2D eigenvalue weighted by Crippen LogP contribution is 2.25. The maximum absolute atomic E-state index is 12.7. The lowest BCUT2D eigenvalue weighted by molar-refractivity contribution is -0.746. The first kappa shape index (κ1) is 16.1. The first-order valence-corrected chi connectivity index (χ1v) is 7.58. The lowest BCUT2D eigenvalue weighted by Crippen LogP contribution is -2.44. The molecule has 0 radical (unpaired) electrons. The predicted molar refractivity (Wildman–Crippen MR) is 84.0 cm³/mol. The van der Waals surface area contributed by atoms with E-state index in [4.69, 9.17) is 4.52 Å². The van der Waals surface area contributed by atoms with Crippen molar-refractivity contribution in [1.82, 2.24) is 10.2 Å². The first-order valence-electron chi connectivity index (χ1n) is 7.58. The number of anilines is 1. The minimum Gasteiger partial charge on any atom is -0.284 e. The molecule has 8 nitrogen and oxygen atoms in total. The lowest BCUT2D eigenvalue weighted by Gasteiger charge is -2.20. The Balaban J connectivity index is 1.80. The van der Waals surface area contributed by atoms with Crippen LogP contribution in [0.4, 0.5) is 5.69 Å². The van der Waals surface area contributed by atoms with Crippen LogP contribution >= 0.6 is 0 Å². The summed E-state index contributed by atoms with van der Waals surface area (Å²) in [6.07, 6.45) is 0.0860. The summed E-state index contributed by atoms with van der Waals surface area (Å²) in [4.78, 5) is 39.5. The summed E-state index contributed by atoms with van der Waals surface area (Å²) in [6, 6.07) is 6.63. The van der Waals surface area contributed by atoms with E-state index in [1.165, 1.54) is 9.58 Å². The largest absolute Gasteiger partial charge is 0.431 e. The van der Waals surface area contributed by atoms with Crippen LogP contribution in [0.1, 0.15) is 17.7 Å². The highest BCUT2D eigenvalue weighted by molar-refractivity contribution is 6.22. The summed E-state index contributed by atoms with van der Waals surface area (Å²) in [6.45, 7) is 2.14. The molecule has 1 aliphatic heterocycles. The Morgan fingerprint density at radius 3 is 2.54 bits per heavy atom. The number of aryl methyl sites for hydroxylation is 2. The third-order valence-electron chi connectivity index (χ3n) is 4.26. The van der Waals surface area contributed by atoms with Gasteiger partial charge in [-0.05, 0) is 31.4 Å². The van der Waals surface area contributed by atoms with Crippen molar-refractivity contribution in [2.24, 2.45) is 7.05 Å². The SMILES string of the molecule is Cc1ccc(N2C(=O)CC(N(C)Cc3c(=O)o[nH][n+]3C)C2=O)cc1. The van der Waals surface area contributed by atoms with Crippen LogP contribution in [0.2, 0.25) is 0 Å². The monoisotopic (exact) mass is 331 g/mol. The molecule has 1 aromatic carbocycles. The Hall–Kier alpha value is -2.74. The number of nitrogens with zero attached hydrogens (tertiary/aromatic N) is 3. The molecule has 1 aromatic heterocycles. The lowest BCUT2D eigenvalue weighted by atomic mass is 10.2. The normalized spacial score (nSPS) is 18.0. The van der Waals surface area contributed by atoms with Crippen LogP contribution < -0.4 is 15.2 Å². The Morgan fingerprint density at radius 1 is 1.29 bits per heavy atom. The average molecular weight is 331 g/mol. The number of amides is 2. The molecule has 1 fully saturated rings. The molecular formula is C16H19N4O4+. The van der Waals surface area contributed by atoms with Gasteiger partial charge in [0.1, 0.15) is 0 Å². The molecule has 2 heterocycles. The Kier molecular flexibility index (Phi) is 4.06. The van der Waals surface area contributed by atoms with Gasteiger partial charge in [0.25, 0.3) is 5.91 Å². The van der Waals surface area contributed by atoms with Crippen LogP contribution in [0.3, 0.4) is 0 Å². The van der Waals surface area contributed by atoms with Crippen LogP contribution in [0.5, 0.6) is 0 Å². The van der Waals surface area contributed by atoms with E-state index in [0.29, 0.717) is 11.4 Å². The summed E-state index contributed by atoms with van der Waals surface area (Å²) in [5.41, 5.74) is 1.51. The number of aromatic nitrogens is 2. The molecule has 1 saturated heterocycles. The van der Waals surface area contributed by atoms with Crippen LogP contribution in [0, 0.1) is 6.92 Å². The van der Waals surface area contributed by atoms with Gasteiger partial charge in [-0.3, -0.25) is 19.0 Å². The first-order chi connectivity index (χ1) is 11.4. The maximum Gasteiger partial charge on any atom is 0.431 e. The topological polar surface area (TPSA) is 90.5 Å². The highest BCUT2D eigenvalue weighted by atomic mass is 16.5. The minimum atomic E-state index is -0.604. The van der Waals surface area contributed by atoms with Crippen molar-refractivity contribution in [2.45, 2.75) is 25.9 Å². The van der Waals surface area contributed by atoms with Gasteiger partial charge < -0.3 is 0 Å². The molecule has 8 heteroatoms. The van der Waals surface area contributed by atoms with Crippen molar-refractivity contribution in [3.8, 4) is 0 Å². The van der Waals surface area contributed by atoms with Crippen molar-refractivity contribution < 1.29 is 18.8 Å². The van der Waals surface area contributed by atoms with Gasteiger partial charge in [-0.1, -0.05) is 22.4 Å². The molecule has 3 rings (SSSR count). The standard InChI is InChI=1S/C16H18N4O4/c1-10-4-6-11(7-5-10)20-14(21)8-12(15(20)22)18(2)9-13-16(23)24-17-19(13)3/h4-7,12H,8-9H2,1-3H3/p+1. The predicted octanol–water partition coefficient (Wildman–Crippen LogP) is -0.135. The van der Waals surface area contributed by atoms with E-state index in [1.54, 1.807) is 31.1 Å². The Bertz CT molecular complexity index is 837. The van der Waals surface area contributed by atoms with Crippen LogP contribution in [0.25, 0.3) is 0 Å². The quantitative estimate of drug-likeness (QED) is 0.622. The molecule has 1 unspecified atom stereocenters. The van der Waals surface area contributed by atoms with E-state index < -0.39 is 11.7 Å². The molecule has 0 spiro atoms. The number of carbonyl (C=O) groups excluding carboxylic acids is 2. The highest BCUT2D eigenvalue weighted by Gasteiger charge is 2.42. The van der Waals surface area contributed by atoms with Crippen molar-refractivity contribution in [3.63, 3.8) is 0 Å².